The van der Waals surface area contributed by atoms with Crippen molar-refractivity contribution < 1.29 is 8.42 Å². The summed E-state index contributed by atoms with van der Waals surface area (Å²) in [6.07, 6.45) is 3.32. The molecule has 5 heteroatoms. The standard InChI is InChI=1S/C19H20N2O2S/c1-3-6-16-17-7-4-5-8-18(17)20-13-19(16)21-24(22,23)15-11-9-14(2)10-12-15/h4-5,7-13,21H,3,6H2,1-2H3. The van der Waals surface area contributed by atoms with Crippen molar-refractivity contribution in [3.63, 3.8) is 0 Å². The number of nitrogens with zero attached hydrogens (tertiary/aromatic N) is 1. The second kappa shape index (κ2) is 6.61. The second-order valence-corrected chi connectivity index (χ2v) is 7.52. The number of pyridine rings is 1. The van der Waals surface area contributed by atoms with Crippen molar-refractivity contribution in [1.29, 1.82) is 0 Å². The first-order valence-electron chi connectivity index (χ1n) is 7.97. The van der Waals surface area contributed by atoms with E-state index in [4.69, 9.17) is 0 Å². The van der Waals surface area contributed by atoms with E-state index in [0.717, 1.165) is 34.9 Å². The van der Waals surface area contributed by atoms with Crippen LogP contribution in [0, 0.1) is 6.92 Å². The van der Waals surface area contributed by atoms with E-state index in [1.54, 1.807) is 30.5 Å². The molecule has 1 N–H and O–H groups in total. The van der Waals surface area contributed by atoms with Crippen LogP contribution in [0.3, 0.4) is 0 Å². The number of aryl methyl sites for hydroxylation is 2. The van der Waals surface area contributed by atoms with E-state index in [1.807, 2.05) is 31.2 Å². The molecular weight excluding hydrogens is 320 g/mol. The summed E-state index contributed by atoms with van der Waals surface area (Å²) in [7, 11) is -3.63. The van der Waals surface area contributed by atoms with Gasteiger partial charge in [-0.05, 0) is 37.1 Å². The number of aromatic nitrogens is 1. The van der Waals surface area contributed by atoms with Crippen LogP contribution in [0.15, 0.2) is 59.6 Å². The Balaban J connectivity index is 2.06. The maximum atomic E-state index is 12.7. The molecule has 3 rings (SSSR count). The zero-order valence-corrected chi connectivity index (χ0v) is 14.6. The summed E-state index contributed by atoms with van der Waals surface area (Å²) in [6.45, 7) is 4.00. The minimum atomic E-state index is -3.63. The van der Waals surface area contributed by atoms with E-state index in [0.29, 0.717) is 5.69 Å². The molecular formula is C19H20N2O2S. The van der Waals surface area contributed by atoms with E-state index < -0.39 is 10.0 Å². The van der Waals surface area contributed by atoms with E-state index in [1.165, 1.54) is 0 Å². The number of hydrogen-bond acceptors (Lipinski definition) is 3. The van der Waals surface area contributed by atoms with Crippen molar-refractivity contribution in [3.05, 3.63) is 65.9 Å². The highest BCUT2D eigenvalue weighted by Gasteiger charge is 2.17. The lowest BCUT2D eigenvalue weighted by Crippen LogP contribution is -2.14. The molecule has 0 amide bonds. The number of rotatable bonds is 5. The van der Waals surface area contributed by atoms with E-state index >= 15 is 0 Å². The van der Waals surface area contributed by atoms with Crippen molar-refractivity contribution in [1.82, 2.24) is 4.98 Å². The molecule has 4 nitrogen and oxygen atoms in total. The minimum absolute atomic E-state index is 0.253. The summed E-state index contributed by atoms with van der Waals surface area (Å²) < 4.78 is 28.0. The predicted molar refractivity (Wildman–Crippen MR) is 97.7 cm³/mol. The molecule has 0 aliphatic heterocycles. The Kier molecular flexibility index (Phi) is 4.53. The Hall–Kier alpha value is -2.40. The smallest absolute Gasteiger partial charge is 0.261 e. The SMILES string of the molecule is CCCc1c(NS(=O)(=O)c2ccc(C)cc2)cnc2ccccc12. The first-order chi connectivity index (χ1) is 11.5. The number of nitrogens with one attached hydrogen (secondary N) is 1. The van der Waals surface area contributed by atoms with Crippen LogP contribution in [0.4, 0.5) is 5.69 Å². The summed E-state index contributed by atoms with van der Waals surface area (Å²) in [5.41, 5.74) is 3.43. The molecule has 1 heterocycles. The van der Waals surface area contributed by atoms with Crippen molar-refractivity contribution in [2.45, 2.75) is 31.6 Å². The number of hydrogen-bond donors (Lipinski definition) is 1. The Bertz CT molecular complexity index is 964. The zero-order chi connectivity index (χ0) is 17.2. The molecule has 2 aromatic carbocycles. The van der Waals surface area contributed by atoms with Crippen molar-refractivity contribution >= 4 is 26.6 Å². The van der Waals surface area contributed by atoms with Crippen molar-refractivity contribution in [2.75, 3.05) is 4.72 Å². The summed E-state index contributed by atoms with van der Waals surface area (Å²) in [4.78, 5) is 4.64. The fraction of sp³-hybridized carbons (Fsp3) is 0.211. The van der Waals surface area contributed by atoms with Gasteiger partial charge < -0.3 is 0 Å². The van der Waals surface area contributed by atoms with Gasteiger partial charge in [0.1, 0.15) is 0 Å². The second-order valence-electron chi connectivity index (χ2n) is 5.84. The van der Waals surface area contributed by atoms with Gasteiger partial charge in [0.05, 0.1) is 22.3 Å². The molecule has 124 valence electrons. The Morgan fingerprint density at radius 1 is 1.04 bits per heavy atom. The van der Waals surface area contributed by atoms with Crippen LogP contribution in [-0.4, -0.2) is 13.4 Å². The van der Waals surface area contributed by atoms with Gasteiger partial charge in [-0.1, -0.05) is 49.2 Å². The molecule has 0 radical (unpaired) electrons. The molecule has 3 aromatic rings. The van der Waals surface area contributed by atoms with Gasteiger partial charge >= 0.3 is 0 Å². The van der Waals surface area contributed by atoms with E-state index in [9.17, 15) is 8.42 Å². The third-order valence-electron chi connectivity index (χ3n) is 3.96. The molecule has 0 fully saturated rings. The average molecular weight is 340 g/mol. The van der Waals surface area contributed by atoms with Crippen LogP contribution in [0.2, 0.25) is 0 Å². The number of sulfonamides is 1. The first kappa shape index (κ1) is 16.5. The van der Waals surface area contributed by atoms with Crippen LogP contribution >= 0.6 is 0 Å². The highest BCUT2D eigenvalue weighted by Crippen LogP contribution is 2.27. The first-order valence-corrected chi connectivity index (χ1v) is 9.45. The largest absolute Gasteiger partial charge is 0.278 e. The molecule has 0 aliphatic carbocycles. The van der Waals surface area contributed by atoms with Crippen LogP contribution in [-0.2, 0) is 16.4 Å². The van der Waals surface area contributed by atoms with Gasteiger partial charge in [-0.2, -0.15) is 0 Å². The topological polar surface area (TPSA) is 59.1 Å². The Labute approximate surface area is 142 Å². The molecule has 0 bridgehead atoms. The predicted octanol–water partition coefficient (Wildman–Crippen LogP) is 4.30. The molecule has 0 spiro atoms. The maximum Gasteiger partial charge on any atom is 0.261 e. The van der Waals surface area contributed by atoms with E-state index in [2.05, 4.69) is 16.6 Å². The minimum Gasteiger partial charge on any atom is -0.278 e. The van der Waals surface area contributed by atoms with Crippen LogP contribution in [0.1, 0.15) is 24.5 Å². The van der Waals surface area contributed by atoms with Crippen molar-refractivity contribution in [3.8, 4) is 0 Å². The number of anilines is 1. The maximum absolute atomic E-state index is 12.7. The van der Waals surface area contributed by atoms with Gasteiger partial charge in [-0.3, -0.25) is 9.71 Å². The van der Waals surface area contributed by atoms with Crippen LogP contribution < -0.4 is 4.72 Å². The summed E-state index contributed by atoms with van der Waals surface area (Å²) in [5.74, 6) is 0. The molecule has 0 unspecified atom stereocenters. The van der Waals surface area contributed by atoms with Gasteiger partial charge in [-0.15, -0.1) is 0 Å². The van der Waals surface area contributed by atoms with Gasteiger partial charge in [0.2, 0.25) is 0 Å². The van der Waals surface area contributed by atoms with Crippen LogP contribution in [0.5, 0.6) is 0 Å². The van der Waals surface area contributed by atoms with Gasteiger partial charge in [0.25, 0.3) is 10.0 Å². The molecule has 0 atom stereocenters. The van der Waals surface area contributed by atoms with Gasteiger partial charge in [0, 0.05) is 5.39 Å². The molecule has 24 heavy (non-hydrogen) atoms. The summed E-state index contributed by atoms with van der Waals surface area (Å²) in [6, 6.07) is 14.6. The Morgan fingerprint density at radius 2 is 1.75 bits per heavy atom. The molecule has 0 saturated heterocycles. The number of benzene rings is 2. The van der Waals surface area contributed by atoms with E-state index in [-0.39, 0.29) is 4.90 Å². The number of para-hydroxylation sites is 1. The van der Waals surface area contributed by atoms with Gasteiger partial charge in [0.15, 0.2) is 0 Å². The van der Waals surface area contributed by atoms with Gasteiger partial charge in [-0.25, -0.2) is 8.42 Å². The quantitative estimate of drug-likeness (QED) is 0.753. The zero-order valence-electron chi connectivity index (χ0n) is 13.8. The lowest BCUT2D eigenvalue weighted by Gasteiger charge is -2.14. The number of fused-ring (bicyclic) bond motifs is 1. The Morgan fingerprint density at radius 3 is 2.46 bits per heavy atom. The molecule has 1 aromatic heterocycles. The third kappa shape index (κ3) is 3.26. The van der Waals surface area contributed by atoms with Crippen molar-refractivity contribution in [2.24, 2.45) is 0 Å². The molecule has 0 saturated carbocycles. The van der Waals surface area contributed by atoms with Crippen LogP contribution in [0.25, 0.3) is 10.9 Å². The lowest BCUT2D eigenvalue weighted by molar-refractivity contribution is 0.601. The highest BCUT2D eigenvalue weighted by atomic mass is 32.2. The summed E-state index contributed by atoms with van der Waals surface area (Å²) in [5, 5.41) is 0.989. The third-order valence-corrected chi connectivity index (χ3v) is 5.34. The average Bonchev–Trinajstić information content (AvgIpc) is 2.57. The lowest BCUT2D eigenvalue weighted by atomic mass is 10.0. The normalized spacial score (nSPS) is 11.6. The monoisotopic (exact) mass is 340 g/mol. The fourth-order valence-electron chi connectivity index (χ4n) is 2.73. The highest BCUT2D eigenvalue weighted by molar-refractivity contribution is 7.92. The molecule has 0 aliphatic rings. The summed E-state index contributed by atoms with van der Waals surface area (Å²) >= 11 is 0. The fourth-order valence-corrected chi connectivity index (χ4v) is 3.80.